The minimum absolute atomic E-state index is 0.164. The highest BCUT2D eigenvalue weighted by atomic mass is 28.3. The number of hydrogen-bond donors (Lipinski definition) is 0. The summed E-state index contributed by atoms with van der Waals surface area (Å²) in [6, 6.07) is 0. The lowest BCUT2D eigenvalue weighted by atomic mass is 9.92. The predicted octanol–water partition coefficient (Wildman–Crippen LogP) is 2.26. The van der Waals surface area contributed by atoms with Crippen molar-refractivity contribution in [1.29, 1.82) is 0 Å². The Labute approximate surface area is 88.3 Å². The van der Waals surface area contributed by atoms with Crippen LogP contribution in [0.3, 0.4) is 0 Å². The number of hydrogen-bond acceptors (Lipinski definition) is 1. The van der Waals surface area contributed by atoms with Crippen molar-refractivity contribution < 1.29 is 0 Å². The highest BCUT2D eigenvalue weighted by Gasteiger charge is 2.29. The second kappa shape index (κ2) is 3.23. The second-order valence-corrected chi connectivity index (χ2v) is 11.1. The van der Waals surface area contributed by atoms with Crippen molar-refractivity contribution in [2.75, 3.05) is 0 Å². The number of aryl methyl sites for hydroxylation is 1. The molecule has 80 valence electrons. The van der Waals surface area contributed by atoms with Crippen LogP contribution in [0.1, 0.15) is 26.5 Å². The van der Waals surface area contributed by atoms with Gasteiger partial charge in [0.25, 0.3) is 0 Å². The van der Waals surface area contributed by atoms with Crippen LogP contribution in [0.5, 0.6) is 0 Å². The monoisotopic (exact) mass is 210 g/mol. The standard InChI is InChI=1S/C11H22N2Si/c1-11(2,3)10-9(14(5,6)7)8-13(4)12-10/h8H,1-7H3. The van der Waals surface area contributed by atoms with Crippen molar-refractivity contribution >= 4 is 13.3 Å². The van der Waals surface area contributed by atoms with Gasteiger partial charge in [0.2, 0.25) is 0 Å². The zero-order valence-electron chi connectivity index (χ0n) is 10.5. The summed E-state index contributed by atoms with van der Waals surface area (Å²) >= 11 is 0. The molecule has 1 aromatic heterocycles. The topological polar surface area (TPSA) is 17.8 Å². The molecule has 0 unspecified atom stereocenters. The molecule has 3 heteroatoms. The molecule has 0 radical (unpaired) electrons. The molecule has 14 heavy (non-hydrogen) atoms. The maximum absolute atomic E-state index is 4.60. The lowest BCUT2D eigenvalue weighted by Gasteiger charge is -2.23. The minimum Gasteiger partial charge on any atom is -0.276 e. The van der Waals surface area contributed by atoms with Crippen molar-refractivity contribution in [3.05, 3.63) is 11.9 Å². The largest absolute Gasteiger partial charge is 0.276 e. The van der Waals surface area contributed by atoms with E-state index in [-0.39, 0.29) is 5.41 Å². The van der Waals surface area contributed by atoms with Gasteiger partial charge < -0.3 is 0 Å². The molecule has 0 aromatic carbocycles. The lowest BCUT2D eigenvalue weighted by molar-refractivity contribution is 0.555. The summed E-state index contributed by atoms with van der Waals surface area (Å²) in [6.07, 6.45) is 2.20. The normalized spacial score (nSPS) is 13.4. The summed E-state index contributed by atoms with van der Waals surface area (Å²) in [6.45, 7) is 13.8. The van der Waals surface area contributed by atoms with Gasteiger partial charge in [-0.3, -0.25) is 4.68 Å². The predicted molar refractivity (Wildman–Crippen MR) is 64.9 cm³/mol. The minimum atomic E-state index is -1.25. The van der Waals surface area contributed by atoms with Crippen molar-refractivity contribution in [2.45, 2.75) is 45.8 Å². The fourth-order valence-electron chi connectivity index (χ4n) is 1.59. The van der Waals surface area contributed by atoms with E-state index in [9.17, 15) is 0 Å². The molecule has 1 heterocycles. The Bertz CT molecular complexity index is 295. The summed E-state index contributed by atoms with van der Waals surface area (Å²) in [5.41, 5.74) is 1.44. The van der Waals surface area contributed by atoms with Gasteiger partial charge in [0, 0.05) is 18.7 Å². The van der Waals surface area contributed by atoms with Gasteiger partial charge in [-0.05, 0) is 5.19 Å². The molecule has 1 rings (SSSR count). The molecule has 0 amide bonds. The van der Waals surface area contributed by atoms with Crippen LogP contribution in [0.15, 0.2) is 6.20 Å². The first-order chi connectivity index (χ1) is 6.12. The van der Waals surface area contributed by atoms with Gasteiger partial charge in [-0.1, -0.05) is 40.4 Å². The molecule has 0 saturated carbocycles. The molecule has 0 N–H and O–H groups in total. The molecule has 0 bridgehead atoms. The van der Waals surface area contributed by atoms with Gasteiger partial charge in [0.15, 0.2) is 0 Å². The molecule has 0 aliphatic carbocycles. The van der Waals surface area contributed by atoms with Crippen LogP contribution in [0, 0.1) is 0 Å². The Morgan fingerprint density at radius 3 is 2.00 bits per heavy atom. The quantitative estimate of drug-likeness (QED) is 0.650. The molecular weight excluding hydrogens is 188 g/mol. The second-order valence-electron chi connectivity index (χ2n) is 6.07. The highest BCUT2D eigenvalue weighted by molar-refractivity contribution is 6.89. The summed E-state index contributed by atoms with van der Waals surface area (Å²) < 4.78 is 1.95. The first kappa shape index (κ1) is 11.5. The summed E-state index contributed by atoms with van der Waals surface area (Å²) in [5.74, 6) is 0. The van der Waals surface area contributed by atoms with Gasteiger partial charge in [0.05, 0.1) is 13.8 Å². The average molecular weight is 210 g/mol. The van der Waals surface area contributed by atoms with Gasteiger partial charge in [0.1, 0.15) is 0 Å². The van der Waals surface area contributed by atoms with Crippen molar-refractivity contribution in [3.8, 4) is 0 Å². The SMILES string of the molecule is Cn1cc([Si](C)(C)C)c(C(C)(C)C)n1. The Kier molecular flexibility index (Phi) is 2.65. The van der Waals surface area contributed by atoms with Crippen LogP contribution in [0.2, 0.25) is 19.6 Å². The van der Waals surface area contributed by atoms with Gasteiger partial charge in [-0.2, -0.15) is 5.10 Å². The molecule has 0 saturated heterocycles. The smallest absolute Gasteiger partial charge is 0.0821 e. The molecule has 2 nitrogen and oxygen atoms in total. The number of rotatable bonds is 1. The van der Waals surface area contributed by atoms with E-state index in [0.717, 1.165) is 0 Å². The van der Waals surface area contributed by atoms with Gasteiger partial charge in [-0.25, -0.2) is 0 Å². The Morgan fingerprint density at radius 2 is 1.71 bits per heavy atom. The van der Waals surface area contributed by atoms with Crippen LogP contribution in [0.4, 0.5) is 0 Å². The summed E-state index contributed by atoms with van der Waals surface area (Å²) in [7, 11) is 0.763. The molecule has 0 fully saturated rings. The van der Waals surface area contributed by atoms with Gasteiger partial charge in [-0.15, -0.1) is 0 Å². The first-order valence-corrected chi connectivity index (χ1v) is 8.67. The molecule has 0 aliphatic rings. The zero-order chi connectivity index (χ0) is 11.1. The van der Waals surface area contributed by atoms with Crippen molar-refractivity contribution in [1.82, 2.24) is 9.78 Å². The third-order valence-corrected chi connectivity index (χ3v) is 4.33. The highest BCUT2D eigenvalue weighted by Crippen LogP contribution is 2.20. The van der Waals surface area contributed by atoms with Gasteiger partial charge >= 0.3 is 0 Å². The van der Waals surface area contributed by atoms with Crippen LogP contribution < -0.4 is 5.19 Å². The Morgan fingerprint density at radius 1 is 1.21 bits per heavy atom. The molecule has 1 aromatic rings. The molecule has 0 spiro atoms. The first-order valence-electron chi connectivity index (χ1n) is 5.17. The summed E-state index contributed by atoms with van der Waals surface area (Å²) in [5, 5.41) is 6.09. The van der Waals surface area contributed by atoms with Crippen LogP contribution in [-0.2, 0) is 12.5 Å². The third kappa shape index (κ3) is 2.26. The van der Waals surface area contributed by atoms with E-state index >= 15 is 0 Å². The van der Waals surface area contributed by atoms with Crippen molar-refractivity contribution in [3.63, 3.8) is 0 Å². The lowest BCUT2D eigenvalue weighted by Crippen LogP contribution is -2.41. The Balaban J connectivity index is 3.31. The van der Waals surface area contributed by atoms with E-state index in [1.54, 1.807) is 0 Å². The fourth-order valence-corrected chi connectivity index (χ4v) is 3.30. The summed E-state index contributed by atoms with van der Waals surface area (Å²) in [4.78, 5) is 0. The van der Waals surface area contributed by atoms with E-state index in [0.29, 0.717) is 0 Å². The van der Waals surface area contributed by atoms with E-state index in [1.165, 1.54) is 10.9 Å². The zero-order valence-corrected chi connectivity index (χ0v) is 11.5. The van der Waals surface area contributed by atoms with Crippen LogP contribution in [0.25, 0.3) is 0 Å². The maximum Gasteiger partial charge on any atom is 0.0821 e. The van der Waals surface area contributed by atoms with E-state index in [1.807, 2.05) is 11.7 Å². The van der Waals surface area contributed by atoms with E-state index in [2.05, 4.69) is 51.7 Å². The van der Waals surface area contributed by atoms with Crippen LogP contribution >= 0.6 is 0 Å². The molecule has 0 atom stereocenters. The van der Waals surface area contributed by atoms with Crippen LogP contribution in [-0.4, -0.2) is 17.9 Å². The average Bonchev–Trinajstić information content (AvgIpc) is 2.27. The molecule has 0 aliphatic heterocycles. The number of nitrogens with zero attached hydrogens (tertiary/aromatic N) is 2. The third-order valence-electron chi connectivity index (χ3n) is 2.35. The fraction of sp³-hybridized carbons (Fsp3) is 0.727. The number of aromatic nitrogens is 2. The van der Waals surface area contributed by atoms with E-state index in [4.69, 9.17) is 0 Å². The Hall–Kier alpha value is -0.573. The molecular formula is C11H22N2Si. The van der Waals surface area contributed by atoms with Crippen molar-refractivity contribution in [2.24, 2.45) is 7.05 Å². The van der Waals surface area contributed by atoms with E-state index < -0.39 is 8.07 Å². The maximum atomic E-state index is 4.60.